The van der Waals surface area contributed by atoms with Gasteiger partial charge >= 0.3 is 0 Å². The predicted octanol–water partition coefficient (Wildman–Crippen LogP) is 5.42. The van der Waals surface area contributed by atoms with Crippen LogP contribution in [0.4, 0.5) is 0 Å². The fraction of sp³-hybridized carbons (Fsp3) is 0.261. The third-order valence-electron chi connectivity index (χ3n) is 5.25. The van der Waals surface area contributed by atoms with Crippen molar-refractivity contribution >= 4 is 17.2 Å². The van der Waals surface area contributed by atoms with Crippen LogP contribution in [0, 0.1) is 0 Å². The molecule has 1 aliphatic heterocycles. The van der Waals surface area contributed by atoms with Crippen molar-refractivity contribution in [1.29, 1.82) is 0 Å². The fourth-order valence-electron chi connectivity index (χ4n) is 3.86. The molecule has 2 aromatic carbocycles. The highest BCUT2D eigenvalue weighted by Crippen LogP contribution is 2.38. The number of benzene rings is 2. The van der Waals surface area contributed by atoms with Gasteiger partial charge in [0.25, 0.3) is 0 Å². The lowest BCUT2D eigenvalue weighted by Crippen LogP contribution is -2.40. The minimum absolute atomic E-state index is 0.0432. The minimum Gasteiger partial charge on any atom is -0.331 e. The maximum atomic E-state index is 13.2. The Bertz CT molecular complexity index is 871. The lowest BCUT2D eigenvalue weighted by Gasteiger charge is -2.37. The summed E-state index contributed by atoms with van der Waals surface area (Å²) in [5.74, 6) is 0.469. The Hall–Kier alpha value is -2.39. The number of fused-ring (bicyclic) bond motifs is 1. The SMILES string of the molecule is CC(CC(=O)N1CCc2sccc2C1c1ccccc1)c1ccccc1. The van der Waals surface area contributed by atoms with Crippen LogP contribution in [0.2, 0.25) is 0 Å². The number of nitrogens with zero attached hydrogens (tertiary/aromatic N) is 1. The van der Waals surface area contributed by atoms with E-state index in [1.165, 1.54) is 21.6 Å². The minimum atomic E-state index is 0.0432. The van der Waals surface area contributed by atoms with Crippen molar-refractivity contribution in [2.75, 3.05) is 6.54 Å². The molecule has 1 aromatic heterocycles. The number of rotatable bonds is 4. The maximum absolute atomic E-state index is 13.2. The van der Waals surface area contributed by atoms with Crippen molar-refractivity contribution in [2.45, 2.75) is 31.7 Å². The van der Waals surface area contributed by atoms with Crippen LogP contribution in [0.3, 0.4) is 0 Å². The van der Waals surface area contributed by atoms with Crippen molar-refractivity contribution in [3.63, 3.8) is 0 Å². The van der Waals surface area contributed by atoms with Crippen LogP contribution in [0.25, 0.3) is 0 Å². The largest absolute Gasteiger partial charge is 0.331 e. The second-order valence-electron chi connectivity index (χ2n) is 6.97. The average Bonchev–Trinajstić information content (AvgIpc) is 3.17. The molecule has 0 bridgehead atoms. The van der Waals surface area contributed by atoms with Gasteiger partial charge in [0.05, 0.1) is 6.04 Å². The average molecular weight is 362 g/mol. The molecule has 2 unspecified atom stereocenters. The zero-order chi connectivity index (χ0) is 17.9. The molecular weight excluding hydrogens is 338 g/mol. The normalized spacial score (nSPS) is 17.6. The molecule has 3 heteroatoms. The summed E-state index contributed by atoms with van der Waals surface area (Å²) in [7, 11) is 0. The Morgan fingerprint density at radius 1 is 1.08 bits per heavy atom. The van der Waals surface area contributed by atoms with E-state index >= 15 is 0 Å². The van der Waals surface area contributed by atoms with Gasteiger partial charge in [0, 0.05) is 17.8 Å². The molecule has 0 spiro atoms. The van der Waals surface area contributed by atoms with Crippen molar-refractivity contribution in [3.05, 3.63) is 93.7 Å². The molecule has 2 heterocycles. The van der Waals surface area contributed by atoms with Gasteiger partial charge in [-0.3, -0.25) is 4.79 Å². The first-order valence-corrected chi connectivity index (χ1v) is 10.1. The summed E-state index contributed by atoms with van der Waals surface area (Å²) >= 11 is 1.81. The molecule has 132 valence electrons. The summed E-state index contributed by atoms with van der Waals surface area (Å²) < 4.78 is 0. The highest BCUT2D eigenvalue weighted by Gasteiger charge is 2.33. The summed E-state index contributed by atoms with van der Waals surface area (Å²) in [4.78, 5) is 16.7. The van der Waals surface area contributed by atoms with Gasteiger partial charge < -0.3 is 4.90 Å². The van der Waals surface area contributed by atoms with E-state index in [1.807, 2.05) is 35.6 Å². The predicted molar refractivity (Wildman–Crippen MR) is 107 cm³/mol. The molecule has 1 amide bonds. The first-order valence-electron chi connectivity index (χ1n) is 9.19. The number of thiophene rings is 1. The molecule has 2 nitrogen and oxygen atoms in total. The standard InChI is InChI=1S/C23H23NOS/c1-17(18-8-4-2-5-9-18)16-22(25)24-14-12-21-20(13-15-26-21)23(24)19-10-6-3-7-11-19/h2-11,13,15,17,23H,12,14,16H2,1H3. The van der Waals surface area contributed by atoms with Crippen LogP contribution in [0.15, 0.2) is 72.1 Å². The smallest absolute Gasteiger partial charge is 0.223 e. The molecular formula is C23H23NOS. The van der Waals surface area contributed by atoms with Gasteiger partial charge in [0.15, 0.2) is 0 Å². The van der Waals surface area contributed by atoms with E-state index in [-0.39, 0.29) is 17.9 Å². The first-order chi connectivity index (χ1) is 12.7. The van der Waals surface area contributed by atoms with Crippen LogP contribution in [-0.4, -0.2) is 17.4 Å². The van der Waals surface area contributed by atoms with Crippen molar-refractivity contribution in [2.24, 2.45) is 0 Å². The number of amides is 1. The number of carbonyl (C=O) groups is 1. The van der Waals surface area contributed by atoms with E-state index < -0.39 is 0 Å². The van der Waals surface area contributed by atoms with Crippen molar-refractivity contribution in [1.82, 2.24) is 4.90 Å². The Labute approximate surface area is 159 Å². The summed E-state index contributed by atoms with van der Waals surface area (Å²) in [6, 6.07) is 23.0. The summed E-state index contributed by atoms with van der Waals surface area (Å²) in [5.41, 5.74) is 3.73. The molecule has 0 saturated heterocycles. The lowest BCUT2D eigenvalue weighted by atomic mass is 9.91. The number of carbonyl (C=O) groups excluding carboxylic acids is 1. The Balaban J connectivity index is 1.61. The van der Waals surface area contributed by atoms with Gasteiger partial charge in [0.2, 0.25) is 5.91 Å². The quantitative estimate of drug-likeness (QED) is 0.608. The lowest BCUT2D eigenvalue weighted by molar-refractivity contribution is -0.133. The van der Waals surface area contributed by atoms with E-state index in [0.717, 1.165) is 13.0 Å². The highest BCUT2D eigenvalue weighted by atomic mass is 32.1. The highest BCUT2D eigenvalue weighted by molar-refractivity contribution is 7.10. The van der Waals surface area contributed by atoms with Crippen molar-refractivity contribution < 1.29 is 4.79 Å². The zero-order valence-corrected chi connectivity index (χ0v) is 15.8. The molecule has 0 aliphatic carbocycles. The third-order valence-corrected chi connectivity index (χ3v) is 6.25. The Morgan fingerprint density at radius 2 is 1.77 bits per heavy atom. The number of hydrogen-bond donors (Lipinski definition) is 0. The molecule has 0 fully saturated rings. The van der Waals surface area contributed by atoms with Crippen LogP contribution >= 0.6 is 11.3 Å². The first kappa shape index (κ1) is 17.0. The van der Waals surface area contributed by atoms with Crippen molar-refractivity contribution in [3.8, 4) is 0 Å². The van der Waals surface area contributed by atoms with E-state index in [1.54, 1.807) is 0 Å². The van der Waals surface area contributed by atoms with Gasteiger partial charge in [-0.1, -0.05) is 67.6 Å². The van der Waals surface area contributed by atoms with Gasteiger partial charge in [-0.25, -0.2) is 0 Å². The van der Waals surface area contributed by atoms with E-state index in [4.69, 9.17) is 0 Å². The number of hydrogen-bond acceptors (Lipinski definition) is 2. The Kier molecular flexibility index (Phi) is 4.89. The molecule has 2 atom stereocenters. The fourth-order valence-corrected chi connectivity index (χ4v) is 4.76. The van der Waals surface area contributed by atoms with Gasteiger partial charge in [-0.05, 0) is 40.5 Å². The molecule has 0 N–H and O–H groups in total. The van der Waals surface area contributed by atoms with Gasteiger partial charge in [-0.2, -0.15) is 0 Å². The summed E-state index contributed by atoms with van der Waals surface area (Å²) in [6.45, 7) is 2.94. The summed E-state index contributed by atoms with van der Waals surface area (Å²) in [6.07, 6.45) is 1.51. The van der Waals surface area contributed by atoms with Gasteiger partial charge in [-0.15, -0.1) is 11.3 Å². The zero-order valence-electron chi connectivity index (χ0n) is 15.0. The van der Waals surface area contributed by atoms with Gasteiger partial charge in [0.1, 0.15) is 0 Å². The Morgan fingerprint density at radius 3 is 2.50 bits per heavy atom. The van der Waals surface area contributed by atoms with Crippen LogP contribution < -0.4 is 0 Å². The molecule has 26 heavy (non-hydrogen) atoms. The molecule has 1 aliphatic rings. The molecule has 4 rings (SSSR count). The summed E-state index contributed by atoms with van der Waals surface area (Å²) in [5, 5.41) is 2.15. The maximum Gasteiger partial charge on any atom is 0.223 e. The monoisotopic (exact) mass is 361 g/mol. The third kappa shape index (κ3) is 3.32. The second-order valence-corrected chi connectivity index (χ2v) is 7.97. The van der Waals surface area contributed by atoms with Crippen LogP contribution in [-0.2, 0) is 11.2 Å². The molecule has 3 aromatic rings. The topological polar surface area (TPSA) is 20.3 Å². The van der Waals surface area contributed by atoms with Crippen LogP contribution in [0.1, 0.15) is 46.9 Å². The van der Waals surface area contributed by atoms with Crippen LogP contribution in [0.5, 0.6) is 0 Å². The van der Waals surface area contributed by atoms with E-state index in [2.05, 4.69) is 59.7 Å². The molecule has 0 radical (unpaired) electrons. The second kappa shape index (κ2) is 7.46. The van der Waals surface area contributed by atoms with E-state index in [0.29, 0.717) is 6.42 Å². The van der Waals surface area contributed by atoms with E-state index in [9.17, 15) is 4.79 Å². The molecule has 0 saturated carbocycles.